The second-order valence-corrected chi connectivity index (χ2v) is 6.56. The van der Waals surface area contributed by atoms with Gasteiger partial charge in [0.15, 0.2) is 0 Å². The first kappa shape index (κ1) is 15.0. The van der Waals surface area contributed by atoms with Crippen LogP contribution in [0.4, 0.5) is 0 Å². The molecular weight excluding hydrogens is 262 g/mol. The van der Waals surface area contributed by atoms with Crippen molar-refractivity contribution in [1.29, 1.82) is 0 Å². The Hall–Kier alpha value is -0.900. The van der Waals surface area contributed by atoms with E-state index < -0.39 is 0 Å². The number of rotatable bonds is 5. The summed E-state index contributed by atoms with van der Waals surface area (Å²) in [7, 11) is 1.74. The first-order chi connectivity index (χ1) is 10.3. The Bertz CT molecular complexity index is 454. The van der Waals surface area contributed by atoms with Crippen molar-refractivity contribution in [1.82, 2.24) is 5.32 Å². The molecule has 0 aromatic heterocycles. The number of hydrogen-bond donors (Lipinski definition) is 1. The smallest absolute Gasteiger partial charge is 0.0713 e. The molecule has 116 valence electrons. The molecule has 1 saturated heterocycles. The standard InChI is InChI=1S/C18H27NO2/c1-20-14-16-6-4-5-15(11-16)13-19-17-7-10-21-18(12-17)8-2-3-9-18/h4-6,11,17,19H,2-3,7-10,12-14H2,1H3. The Morgan fingerprint density at radius 1 is 1.29 bits per heavy atom. The van der Waals surface area contributed by atoms with E-state index in [1.165, 1.54) is 43.2 Å². The maximum Gasteiger partial charge on any atom is 0.0713 e. The average molecular weight is 289 g/mol. The van der Waals surface area contributed by atoms with Crippen LogP contribution in [-0.4, -0.2) is 25.4 Å². The third kappa shape index (κ3) is 3.85. The number of nitrogens with one attached hydrogen (secondary N) is 1. The van der Waals surface area contributed by atoms with E-state index in [0.29, 0.717) is 12.6 Å². The van der Waals surface area contributed by atoms with Crippen molar-refractivity contribution in [3.8, 4) is 0 Å². The third-order valence-electron chi connectivity index (χ3n) is 4.91. The van der Waals surface area contributed by atoms with E-state index in [4.69, 9.17) is 9.47 Å². The predicted octanol–water partition coefficient (Wildman–Crippen LogP) is 3.41. The molecule has 21 heavy (non-hydrogen) atoms. The first-order valence-electron chi connectivity index (χ1n) is 8.24. The van der Waals surface area contributed by atoms with E-state index in [-0.39, 0.29) is 5.60 Å². The van der Waals surface area contributed by atoms with Crippen LogP contribution in [0.25, 0.3) is 0 Å². The van der Waals surface area contributed by atoms with Gasteiger partial charge in [-0.2, -0.15) is 0 Å². The molecule has 1 aliphatic carbocycles. The summed E-state index contributed by atoms with van der Waals surface area (Å²) in [5.41, 5.74) is 2.79. The molecule has 0 bridgehead atoms. The Labute approximate surface area is 128 Å². The molecule has 1 aromatic rings. The summed E-state index contributed by atoms with van der Waals surface area (Å²) in [6, 6.07) is 9.27. The SMILES string of the molecule is COCc1cccc(CNC2CCOC3(CCCC3)C2)c1. The van der Waals surface area contributed by atoms with Gasteiger partial charge in [-0.15, -0.1) is 0 Å². The molecule has 3 nitrogen and oxygen atoms in total. The highest BCUT2D eigenvalue weighted by molar-refractivity contribution is 5.23. The minimum Gasteiger partial charge on any atom is -0.380 e. The minimum absolute atomic E-state index is 0.202. The largest absolute Gasteiger partial charge is 0.380 e. The van der Waals surface area contributed by atoms with Crippen LogP contribution in [0.3, 0.4) is 0 Å². The summed E-state index contributed by atoms with van der Waals surface area (Å²) in [5.74, 6) is 0. The van der Waals surface area contributed by atoms with Crippen molar-refractivity contribution in [2.24, 2.45) is 0 Å². The minimum atomic E-state index is 0.202. The molecule has 1 aromatic carbocycles. The van der Waals surface area contributed by atoms with Crippen molar-refractivity contribution in [2.75, 3.05) is 13.7 Å². The molecule has 3 heteroatoms. The van der Waals surface area contributed by atoms with Gasteiger partial charge >= 0.3 is 0 Å². The van der Waals surface area contributed by atoms with Crippen molar-refractivity contribution in [2.45, 2.75) is 63.3 Å². The fourth-order valence-corrected chi connectivity index (χ4v) is 3.83. The molecule has 1 atom stereocenters. The van der Waals surface area contributed by atoms with Gasteiger partial charge in [0.25, 0.3) is 0 Å². The van der Waals surface area contributed by atoms with Crippen molar-refractivity contribution < 1.29 is 9.47 Å². The van der Waals surface area contributed by atoms with Crippen molar-refractivity contribution >= 4 is 0 Å². The molecule has 1 spiro atoms. The highest BCUT2D eigenvalue weighted by Crippen LogP contribution is 2.39. The van der Waals surface area contributed by atoms with Crippen LogP contribution < -0.4 is 5.32 Å². The summed E-state index contributed by atoms with van der Waals surface area (Å²) in [6.07, 6.45) is 7.52. The van der Waals surface area contributed by atoms with Crippen LogP contribution in [0.2, 0.25) is 0 Å². The molecular formula is C18H27NO2. The maximum absolute atomic E-state index is 6.10. The number of methoxy groups -OCH3 is 1. The maximum atomic E-state index is 6.10. The van der Waals surface area contributed by atoms with E-state index in [1.807, 2.05) is 0 Å². The van der Waals surface area contributed by atoms with Gasteiger partial charge < -0.3 is 14.8 Å². The van der Waals surface area contributed by atoms with Crippen LogP contribution in [0.15, 0.2) is 24.3 Å². The van der Waals surface area contributed by atoms with E-state index in [2.05, 4.69) is 29.6 Å². The lowest BCUT2D eigenvalue weighted by atomic mass is 9.89. The summed E-state index contributed by atoms with van der Waals surface area (Å²) in [6.45, 7) is 2.55. The zero-order valence-electron chi connectivity index (χ0n) is 13.1. The van der Waals surface area contributed by atoms with Crippen LogP contribution in [0, 0.1) is 0 Å². The highest BCUT2D eigenvalue weighted by Gasteiger charge is 2.39. The van der Waals surface area contributed by atoms with Crippen molar-refractivity contribution in [3.63, 3.8) is 0 Å². The zero-order valence-corrected chi connectivity index (χ0v) is 13.1. The van der Waals surface area contributed by atoms with Crippen LogP contribution >= 0.6 is 0 Å². The lowest BCUT2D eigenvalue weighted by Crippen LogP contribution is -2.45. The highest BCUT2D eigenvalue weighted by atomic mass is 16.5. The molecule has 1 N–H and O–H groups in total. The number of hydrogen-bond acceptors (Lipinski definition) is 3. The fourth-order valence-electron chi connectivity index (χ4n) is 3.83. The van der Waals surface area contributed by atoms with E-state index in [1.54, 1.807) is 7.11 Å². The topological polar surface area (TPSA) is 30.5 Å². The molecule has 1 unspecified atom stereocenters. The summed E-state index contributed by atoms with van der Waals surface area (Å²) < 4.78 is 11.3. The second-order valence-electron chi connectivity index (χ2n) is 6.56. The Kier molecular flexibility index (Phi) is 4.94. The van der Waals surface area contributed by atoms with Gasteiger partial charge in [0.2, 0.25) is 0 Å². The number of benzene rings is 1. The van der Waals surface area contributed by atoms with Crippen LogP contribution in [-0.2, 0) is 22.6 Å². The average Bonchev–Trinajstić information content (AvgIpc) is 2.94. The van der Waals surface area contributed by atoms with Gasteiger partial charge in [-0.1, -0.05) is 37.1 Å². The predicted molar refractivity (Wildman–Crippen MR) is 84.2 cm³/mol. The van der Waals surface area contributed by atoms with Crippen molar-refractivity contribution in [3.05, 3.63) is 35.4 Å². The first-order valence-corrected chi connectivity index (χ1v) is 8.24. The van der Waals surface area contributed by atoms with Gasteiger partial charge in [0, 0.05) is 26.3 Å². The lowest BCUT2D eigenvalue weighted by molar-refractivity contribution is -0.0837. The molecule has 1 saturated carbocycles. The lowest BCUT2D eigenvalue weighted by Gasteiger charge is -2.38. The zero-order chi connectivity index (χ0) is 14.5. The second kappa shape index (κ2) is 6.91. The molecule has 2 aliphatic rings. The third-order valence-corrected chi connectivity index (χ3v) is 4.91. The summed E-state index contributed by atoms with van der Waals surface area (Å²) in [4.78, 5) is 0. The molecule has 1 heterocycles. The van der Waals surface area contributed by atoms with Gasteiger partial charge in [-0.05, 0) is 36.8 Å². The van der Waals surface area contributed by atoms with Crippen LogP contribution in [0.5, 0.6) is 0 Å². The van der Waals surface area contributed by atoms with Gasteiger partial charge in [0.05, 0.1) is 12.2 Å². The molecule has 1 aliphatic heterocycles. The summed E-state index contributed by atoms with van der Waals surface area (Å²) >= 11 is 0. The van der Waals surface area contributed by atoms with Gasteiger partial charge in [0.1, 0.15) is 0 Å². The monoisotopic (exact) mass is 289 g/mol. The van der Waals surface area contributed by atoms with E-state index >= 15 is 0 Å². The van der Waals surface area contributed by atoms with Gasteiger partial charge in [-0.3, -0.25) is 0 Å². The molecule has 0 radical (unpaired) electrons. The Balaban J connectivity index is 1.53. The molecule has 3 rings (SSSR count). The van der Waals surface area contributed by atoms with Gasteiger partial charge in [-0.25, -0.2) is 0 Å². The Morgan fingerprint density at radius 3 is 2.90 bits per heavy atom. The molecule has 2 fully saturated rings. The van der Waals surface area contributed by atoms with E-state index in [9.17, 15) is 0 Å². The summed E-state index contributed by atoms with van der Waals surface area (Å²) in [5, 5.41) is 3.74. The number of ether oxygens (including phenoxy) is 2. The normalized spacial score (nSPS) is 24.5. The van der Waals surface area contributed by atoms with Crippen LogP contribution in [0.1, 0.15) is 49.7 Å². The molecule has 0 amide bonds. The Morgan fingerprint density at radius 2 is 2.10 bits per heavy atom. The van der Waals surface area contributed by atoms with E-state index in [0.717, 1.165) is 19.6 Å². The fraction of sp³-hybridized carbons (Fsp3) is 0.667. The quantitative estimate of drug-likeness (QED) is 0.901.